The van der Waals surface area contributed by atoms with Gasteiger partial charge >= 0.3 is 11.9 Å². The predicted octanol–water partition coefficient (Wildman–Crippen LogP) is -4.93. The number of carboxylic acids is 2. The molecule has 1 aliphatic rings. The molecule has 1 saturated heterocycles. The molecule has 0 unspecified atom stereocenters. The van der Waals surface area contributed by atoms with Gasteiger partial charge in [0, 0.05) is 26.8 Å². The summed E-state index contributed by atoms with van der Waals surface area (Å²) in [6, 6.07) is -8.03. The number of carbonyl (C=O) groups excluding carboxylic acids is 7. The van der Waals surface area contributed by atoms with E-state index in [1.165, 1.54) is 34.6 Å². The first kappa shape index (κ1) is 49.0. The quantitative estimate of drug-likeness (QED) is 0.0431. The van der Waals surface area contributed by atoms with E-state index in [2.05, 4.69) is 37.2 Å². The van der Waals surface area contributed by atoms with Crippen molar-refractivity contribution in [2.24, 2.45) is 0 Å². The lowest BCUT2D eigenvalue weighted by Gasteiger charge is -2.43. The Labute approximate surface area is 322 Å². The third-order valence-corrected chi connectivity index (χ3v) is 8.43. The summed E-state index contributed by atoms with van der Waals surface area (Å²) in [5.74, 6) is -8.02. The first-order chi connectivity index (χ1) is 26.1. The van der Waals surface area contributed by atoms with Gasteiger partial charge in [0.15, 0.2) is 6.29 Å². The summed E-state index contributed by atoms with van der Waals surface area (Å²) in [5, 5.41) is 65.7. The largest absolute Gasteiger partial charge is 0.480 e. The Morgan fingerprint density at radius 3 is 1.79 bits per heavy atom. The van der Waals surface area contributed by atoms with Gasteiger partial charge in [-0.1, -0.05) is 0 Å². The molecule has 12 N–H and O–H groups in total. The van der Waals surface area contributed by atoms with Crippen molar-refractivity contribution in [3.63, 3.8) is 0 Å². The Hall–Kier alpha value is -4.97. The van der Waals surface area contributed by atoms with E-state index in [1.807, 2.05) is 0 Å². The van der Waals surface area contributed by atoms with Crippen LogP contribution in [0.3, 0.4) is 0 Å². The Bertz CT molecular complexity index is 1420. The third-order valence-electron chi connectivity index (χ3n) is 8.43. The van der Waals surface area contributed by atoms with E-state index in [0.717, 1.165) is 6.92 Å². The molecule has 7 amide bonds. The molecule has 1 fully saturated rings. The Morgan fingerprint density at radius 2 is 1.25 bits per heavy atom. The molecule has 1 heterocycles. The zero-order valence-electron chi connectivity index (χ0n) is 32.0. The van der Waals surface area contributed by atoms with Crippen LogP contribution in [-0.4, -0.2) is 159 Å². The van der Waals surface area contributed by atoms with Crippen LogP contribution >= 0.6 is 0 Å². The summed E-state index contributed by atoms with van der Waals surface area (Å²) in [6.45, 7) is 6.97. The van der Waals surface area contributed by atoms with Gasteiger partial charge in [0.1, 0.15) is 60.7 Å². The number of unbranched alkanes of at least 4 members (excludes halogenated alkanes) is 1. The number of carbonyl (C=O) groups is 9. The molecule has 56 heavy (non-hydrogen) atoms. The van der Waals surface area contributed by atoms with Gasteiger partial charge in [-0.05, 0) is 53.4 Å². The lowest BCUT2D eigenvalue weighted by molar-refractivity contribution is -0.266. The molecule has 1 aliphatic heterocycles. The molecule has 0 bridgehead atoms. The number of aliphatic hydroxyl groups is 3. The van der Waals surface area contributed by atoms with Crippen LogP contribution < -0.4 is 37.2 Å². The highest BCUT2D eigenvalue weighted by Crippen LogP contribution is 2.24. The minimum absolute atomic E-state index is 0.0411. The number of rotatable bonds is 23. The maximum atomic E-state index is 13.1. The second-order valence-electron chi connectivity index (χ2n) is 13.3. The summed E-state index contributed by atoms with van der Waals surface area (Å²) in [7, 11) is 0. The van der Waals surface area contributed by atoms with Crippen LogP contribution in [0, 0.1) is 0 Å². The molecule has 1 rings (SSSR count). The highest BCUT2D eigenvalue weighted by atomic mass is 16.6. The van der Waals surface area contributed by atoms with Gasteiger partial charge in [0.25, 0.3) is 0 Å². The lowest BCUT2D eigenvalue weighted by Crippen LogP contribution is -2.65. The number of aliphatic carboxylic acids is 2. The molecule has 0 aromatic rings. The van der Waals surface area contributed by atoms with Crippen molar-refractivity contribution in [2.75, 3.05) is 13.2 Å². The van der Waals surface area contributed by atoms with Gasteiger partial charge in [0.2, 0.25) is 41.4 Å². The van der Waals surface area contributed by atoms with E-state index in [4.69, 9.17) is 14.6 Å². The van der Waals surface area contributed by atoms with Crippen molar-refractivity contribution in [3.05, 3.63) is 0 Å². The molecule has 0 aliphatic carbocycles. The summed E-state index contributed by atoms with van der Waals surface area (Å²) >= 11 is 0. The first-order valence-corrected chi connectivity index (χ1v) is 17.8. The second-order valence-corrected chi connectivity index (χ2v) is 13.3. The topological polar surface area (TPSA) is 357 Å². The fourth-order valence-electron chi connectivity index (χ4n) is 5.21. The number of amides is 7. The summed E-state index contributed by atoms with van der Waals surface area (Å²) in [5.41, 5.74) is 0. The number of hydrogen-bond acceptors (Lipinski definition) is 14. The second kappa shape index (κ2) is 23.8. The SMILES string of the molecule is CC(=O)NCCCC[C@H](NC(=O)CC[C@@H](NC(=O)[C@H](C)NC(=O)[C@@H](C)O[C@H]1[C@H](O)[C@@H](CO)O[C@H](O)[C@@H]1NC(C)=O)C(=O)O)C(=O)N[C@H](C)C(=O)N[C@H](C)C(=O)O. The fraction of sp³-hybridized carbons (Fsp3) is 0.727. The van der Waals surface area contributed by atoms with E-state index >= 15 is 0 Å². The zero-order valence-corrected chi connectivity index (χ0v) is 32.0. The number of carboxylic acid groups (broad SMARTS) is 2. The van der Waals surface area contributed by atoms with Crippen LogP contribution in [0.15, 0.2) is 0 Å². The van der Waals surface area contributed by atoms with Gasteiger partial charge in [-0.25, -0.2) is 4.79 Å². The van der Waals surface area contributed by atoms with Gasteiger partial charge in [-0.3, -0.25) is 38.4 Å². The maximum absolute atomic E-state index is 13.1. The monoisotopic (exact) mass is 805 g/mol. The molecule has 23 heteroatoms. The number of nitrogens with one attached hydrogen (secondary N) is 7. The standard InChI is InChI=1S/C33H55N7O16/c1-14(27(46)37-16(3)31(50)51)36-30(49)20(9-7-8-12-34-18(5)42)39-23(44)11-10-21(32(52)53)40-28(47)15(2)35-29(48)17(4)55-26-24(38-19(6)43)33(54)56-22(13-41)25(26)45/h14-17,20-22,24-26,33,41,45,54H,7-13H2,1-6H3,(H,34,42)(H,35,48)(H,36,49)(H,37,46)(H,38,43)(H,39,44)(H,40,47)(H,50,51)(H,52,53)/t14-,15+,16-,17-,20+,21-,22-,24-,25-,26-,33+/m1/s1. The van der Waals surface area contributed by atoms with E-state index in [-0.39, 0.29) is 18.9 Å². The molecule has 23 nitrogen and oxygen atoms in total. The van der Waals surface area contributed by atoms with Crippen LogP contribution in [0.2, 0.25) is 0 Å². The molecule has 0 aromatic carbocycles. The summed E-state index contributed by atoms with van der Waals surface area (Å²) < 4.78 is 10.7. The van der Waals surface area contributed by atoms with E-state index < -0.39 is 134 Å². The Balaban J connectivity index is 2.88. The van der Waals surface area contributed by atoms with E-state index in [9.17, 15) is 63.6 Å². The zero-order chi connectivity index (χ0) is 42.9. The van der Waals surface area contributed by atoms with Gasteiger partial charge in [-0.2, -0.15) is 0 Å². The van der Waals surface area contributed by atoms with Crippen molar-refractivity contribution >= 4 is 53.3 Å². The van der Waals surface area contributed by atoms with Gasteiger partial charge < -0.3 is 72.2 Å². The first-order valence-electron chi connectivity index (χ1n) is 17.8. The minimum Gasteiger partial charge on any atom is -0.480 e. The normalized spacial score (nSPS) is 22.3. The van der Waals surface area contributed by atoms with Crippen LogP contribution in [0.1, 0.15) is 73.6 Å². The molecule has 0 radical (unpaired) electrons. The van der Waals surface area contributed by atoms with Crippen LogP contribution in [-0.2, 0) is 52.6 Å². The average Bonchev–Trinajstić information content (AvgIpc) is 3.11. The van der Waals surface area contributed by atoms with Crippen molar-refractivity contribution in [2.45, 2.75) is 141 Å². The molecular formula is C33H55N7O16. The fourth-order valence-corrected chi connectivity index (χ4v) is 5.21. The van der Waals surface area contributed by atoms with Gasteiger partial charge in [0.05, 0.1) is 6.61 Å². The molecule has 0 saturated carbocycles. The average molecular weight is 806 g/mol. The van der Waals surface area contributed by atoms with Crippen LogP contribution in [0.5, 0.6) is 0 Å². The maximum Gasteiger partial charge on any atom is 0.326 e. The van der Waals surface area contributed by atoms with Crippen LogP contribution in [0.4, 0.5) is 0 Å². The molecule has 11 atom stereocenters. The summed E-state index contributed by atoms with van der Waals surface area (Å²) in [6.07, 6.45) is -7.70. The predicted molar refractivity (Wildman–Crippen MR) is 190 cm³/mol. The van der Waals surface area contributed by atoms with Crippen molar-refractivity contribution in [3.8, 4) is 0 Å². The van der Waals surface area contributed by atoms with Crippen molar-refractivity contribution in [1.82, 2.24) is 37.2 Å². The van der Waals surface area contributed by atoms with E-state index in [0.29, 0.717) is 12.8 Å². The Kier molecular flexibility index (Phi) is 20.9. The third kappa shape index (κ3) is 16.8. The van der Waals surface area contributed by atoms with Crippen molar-refractivity contribution < 1.29 is 78.2 Å². The minimum atomic E-state index is -1.72. The summed E-state index contributed by atoms with van der Waals surface area (Å²) in [4.78, 5) is 110. The molecule has 318 valence electrons. The van der Waals surface area contributed by atoms with Crippen LogP contribution in [0.25, 0.3) is 0 Å². The number of ether oxygens (including phenoxy) is 2. The lowest BCUT2D eigenvalue weighted by atomic mass is 9.96. The number of aliphatic hydroxyl groups excluding tert-OH is 3. The highest BCUT2D eigenvalue weighted by molar-refractivity contribution is 5.94. The van der Waals surface area contributed by atoms with E-state index in [1.54, 1.807) is 0 Å². The Morgan fingerprint density at radius 1 is 0.679 bits per heavy atom. The number of hydrogen-bond donors (Lipinski definition) is 12. The smallest absolute Gasteiger partial charge is 0.326 e. The van der Waals surface area contributed by atoms with Gasteiger partial charge in [-0.15, -0.1) is 0 Å². The molecule has 0 spiro atoms. The molecule has 0 aromatic heterocycles. The van der Waals surface area contributed by atoms with Crippen molar-refractivity contribution in [1.29, 1.82) is 0 Å². The highest BCUT2D eigenvalue weighted by Gasteiger charge is 2.47. The molecular weight excluding hydrogens is 750 g/mol.